The van der Waals surface area contributed by atoms with E-state index in [-0.39, 0.29) is 11.9 Å². The van der Waals surface area contributed by atoms with Gasteiger partial charge in [0.25, 0.3) is 5.91 Å². The van der Waals surface area contributed by atoms with Gasteiger partial charge in [0.05, 0.1) is 27.0 Å². The van der Waals surface area contributed by atoms with E-state index >= 15 is 0 Å². The number of rotatable bonds is 8. The third kappa shape index (κ3) is 5.24. The van der Waals surface area contributed by atoms with E-state index in [0.717, 1.165) is 16.9 Å². The van der Waals surface area contributed by atoms with Crippen LogP contribution in [-0.2, 0) is 4.79 Å². The summed E-state index contributed by atoms with van der Waals surface area (Å²) in [6, 6.07) is 12.9. The molecule has 0 aromatic heterocycles. The van der Waals surface area contributed by atoms with Crippen LogP contribution in [0.2, 0.25) is 0 Å². The minimum Gasteiger partial charge on any atom is -0.494 e. The van der Waals surface area contributed by atoms with Gasteiger partial charge in [-0.25, -0.2) is 16.3 Å². The fourth-order valence-corrected chi connectivity index (χ4v) is 3.12. The summed E-state index contributed by atoms with van der Waals surface area (Å²) in [5.74, 6) is 1.84. The van der Waals surface area contributed by atoms with Crippen LogP contribution in [-0.4, -0.2) is 39.0 Å². The SMILES string of the molecule is CCOc1cccc(C2CC(C(=O)N/N=C/c3ccc(OC)c(OC)c3)NN2)c1. The van der Waals surface area contributed by atoms with Crippen LogP contribution in [0, 0.1) is 0 Å². The summed E-state index contributed by atoms with van der Waals surface area (Å²) in [7, 11) is 3.15. The van der Waals surface area contributed by atoms with Crippen molar-refractivity contribution < 1.29 is 19.0 Å². The van der Waals surface area contributed by atoms with E-state index in [1.807, 2.05) is 37.3 Å². The van der Waals surface area contributed by atoms with Gasteiger partial charge in [-0.05, 0) is 54.8 Å². The summed E-state index contributed by atoms with van der Waals surface area (Å²) in [5.41, 5.74) is 10.6. The second-order valence-electron chi connectivity index (χ2n) is 6.48. The molecule has 8 heteroatoms. The fraction of sp³-hybridized carbons (Fsp3) is 0.333. The third-order valence-electron chi connectivity index (χ3n) is 4.59. The highest BCUT2D eigenvalue weighted by molar-refractivity contribution is 5.85. The van der Waals surface area contributed by atoms with E-state index in [4.69, 9.17) is 14.2 Å². The lowest BCUT2D eigenvalue weighted by atomic mass is 10.0. The summed E-state index contributed by atoms with van der Waals surface area (Å²) < 4.78 is 16.0. The number of nitrogens with zero attached hydrogens (tertiary/aromatic N) is 1. The van der Waals surface area contributed by atoms with E-state index in [2.05, 4.69) is 21.4 Å². The number of amides is 1. The van der Waals surface area contributed by atoms with Gasteiger partial charge in [0.2, 0.25) is 0 Å². The molecular weight excluding hydrogens is 372 g/mol. The molecule has 1 fully saturated rings. The maximum Gasteiger partial charge on any atom is 0.258 e. The van der Waals surface area contributed by atoms with Crippen LogP contribution in [0.4, 0.5) is 0 Å². The highest BCUT2D eigenvalue weighted by Gasteiger charge is 2.30. The van der Waals surface area contributed by atoms with Crippen LogP contribution in [0.3, 0.4) is 0 Å². The smallest absolute Gasteiger partial charge is 0.258 e. The maximum atomic E-state index is 12.4. The highest BCUT2D eigenvalue weighted by Crippen LogP contribution is 2.27. The summed E-state index contributed by atoms with van der Waals surface area (Å²) in [4.78, 5) is 12.4. The van der Waals surface area contributed by atoms with Crippen molar-refractivity contribution in [1.82, 2.24) is 16.3 Å². The number of hydrogen-bond donors (Lipinski definition) is 3. The Kier molecular flexibility index (Phi) is 7.04. The Morgan fingerprint density at radius 3 is 2.76 bits per heavy atom. The van der Waals surface area contributed by atoms with Gasteiger partial charge in [-0.15, -0.1) is 0 Å². The first-order valence-electron chi connectivity index (χ1n) is 9.43. The van der Waals surface area contributed by atoms with Crippen molar-refractivity contribution in [2.24, 2.45) is 5.10 Å². The van der Waals surface area contributed by atoms with Gasteiger partial charge in [-0.2, -0.15) is 5.10 Å². The zero-order chi connectivity index (χ0) is 20.6. The Hall–Kier alpha value is -3.10. The molecule has 2 aromatic rings. The molecule has 1 saturated heterocycles. The molecule has 0 bridgehead atoms. The summed E-state index contributed by atoms with van der Waals surface area (Å²) in [6.07, 6.45) is 2.17. The molecule has 3 rings (SSSR count). The quantitative estimate of drug-likeness (QED) is 0.466. The minimum atomic E-state index is -0.390. The fourth-order valence-electron chi connectivity index (χ4n) is 3.12. The topological polar surface area (TPSA) is 93.2 Å². The average Bonchev–Trinajstić information content (AvgIpc) is 3.24. The first-order valence-corrected chi connectivity index (χ1v) is 9.43. The molecule has 2 aromatic carbocycles. The van der Waals surface area contributed by atoms with E-state index < -0.39 is 6.04 Å². The first-order chi connectivity index (χ1) is 14.1. The molecule has 0 radical (unpaired) electrons. The molecule has 1 heterocycles. The lowest BCUT2D eigenvalue weighted by Crippen LogP contribution is -2.41. The number of methoxy groups -OCH3 is 2. The zero-order valence-electron chi connectivity index (χ0n) is 16.8. The maximum absolute atomic E-state index is 12.4. The molecule has 29 heavy (non-hydrogen) atoms. The Labute approximate surface area is 170 Å². The van der Waals surface area contributed by atoms with Crippen molar-refractivity contribution in [2.75, 3.05) is 20.8 Å². The molecule has 1 aliphatic rings. The molecule has 154 valence electrons. The monoisotopic (exact) mass is 398 g/mol. The molecule has 3 N–H and O–H groups in total. The molecule has 2 unspecified atom stereocenters. The van der Waals surface area contributed by atoms with Gasteiger partial charge < -0.3 is 14.2 Å². The summed E-state index contributed by atoms with van der Waals surface area (Å²) in [5, 5.41) is 4.04. The molecule has 1 amide bonds. The van der Waals surface area contributed by atoms with E-state index in [1.54, 1.807) is 32.6 Å². The number of hydrogen-bond acceptors (Lipinski definition) is 7. The summed E-state index contributed by atoms with van der Waals surface area (Å²) in [6.45, 7) is 2.56. The van der Waals surface area contributed by atoms with Crippen LogP contribution < -0.4 is 30.5 Å². The molecule has 0 spiro atoms. The van der Waals surface area contributed by atoms with Crippen LogP contribution in [0.5, 0.6) is 17.2 Å². The van der Waals surface area contributed by atoms with Crippen LogP contribution in [0.1, 0.15) is 30.5 Å². The third-order valence-corrected chi connectivity index (χ3v) is 4.59. The average molecular weight is 398 g/mol. The molecule has 8 nitrogen and oxygen atoms in total. The lowest BCUT2D eigenvalue weighted by molar-refractivity contribution is -0.122. The van der Waals surface area contributed by atoms with Gasteiger partial charge in [-0.3, -0.25) is 4.79 Å². The number of benzene rings is 2. The van der Waals surface area contributed by atoms with Crippen molar-refractivity contribution in [2.45, 2.75) is 25.4 Å². The van der Waals surface area contributed by atoms with Crippen LogP contribution in [0.25, 0.3) is 0 Å². The number of carbonyl (C=O) groups excluding carboxylic acids is 1. The Bertz CT molecular complexity index is 872. The molecule has 2 atom stereocenters. The molecule has 1 aliphatic heterocycles. The Morgan fingerprint density at radius 1 is 1.17 bits per heavy atom. The van der Waals surface area contributed by atoms with Crippen molar-refractivity contribution >= 4 is 12.1 Å². The van der Waals surface area contributed by atoms with Crippen LogP contribution >= 0.6 is 0 Å². The molecule has 0 aliphatic carbocycles. The van der Waals surface area contributed by atoms with Crippen molar-refractivity contribution in [1.29, 1.82) is 0 Å². The zero-order valence-corrected chi connectivity index (χ0v) is 16.8. The number of carbonyl (C=O) groups is 1. The van der Waals surface area contributed by atoms with E-state index in [0.29, 0.717) is 24.5 Å². The Balaban J connectivity index is 1.55. The largest absolute Gasteiger partial charge is 0.494 e. The van der Waals surface area contributed by atoms with E-state index in [9.17, 15) is 4.79 Å². The normalized spacial score (nSPS) is 18.6. The second kappa shape index (κ2) is 9.90. The number of ether oxygens (including phenoxy) is 3. The van der Waals surface area contributed by atoms with Gasteiger partial charge in [-0.1, -0.05) is 12.1 Å². The number of nitrogens with one attached hydrogen (secondary N) is 3. The molecular formula is C21H26N4O4. The van der Waals surface area contributed by atoms with Crippen molar-refractivity contribution in [3.8, 4) is 17.2 Å². The first kappa shape index (κ1) is 20.6. The minimum absolute atomic E-state index is 0.0148. The van der Waals surface area contributed by atoms with Gasteiger partial charge >= 0.3 is 0 Å². The number of hydrazine groups is 1. The van der Waals surface area contributed by atoms with Gasteiger partial charge in [0, 0.05) is 6.04 Å². The van der Waals surface area contributed by atoms with Gasteiger partial charge in [0.1, 0.15) is 11.8 Å². The lowest BCUT2D eigenvalue weighted by Gasteiger charge is -2.11. The second-order valence-corrected chi connectivity index (χ2v) is 6.48. The molecule has 0 saturated carbocycles. The Morgan fingerprint density at radius 2 is 2.00 bits per heavy atom. The standard InChI is InChI=1S/C21H26N4O4/c1-4-29-16-7-5-6-15(11-16)17-12-18(24-23-17)21(26)25-22-13-14-8-9-19(27-2)20(10-14)28-3/h5-11,13,17-18,23-24H,4,12H2,1-3H3,(H,25,26)/b22-13+. The highest BCUT2D eigenvalue weighted by atomic mass is 16.5. The summed E-state index contributed by atoms with van der Waals surface area (Å²) >= 11 is 0. The number of hydrazone groups is 1. The predicted octanol–water partition coefficient (Wildman–Crippen LogP) is 2.16. The van der Waals surface area contributed by atoms with Crippen molar-refractivity contribution in [3.63, 3.8) is 0 Å². The van der Waals surface area contributed by atoms with Crippen molar-refractivity contribution in [3.05, 3.63) is 53.6 Å². The predicted molar refractivity (Wildman–Crippen MR) is 110 cm³/mol. The van der Waals surface area contributed by atoms with Gasteiger partial charge in [0.15, 0.2) is 11.5 Å². The van der Waals surface area contributed by atoms with E-state index in [1.165, 1.54) is 0 Å². The van der Waals surface area contributed by atoms with Crippen LogP contribution in [0.15, 0.2) is 47.6 Å².